The van der Waals surface area contributed by atoms with Crippen molar-refractivity contribution in [3.63, 3.8) is 0 Å². The van der Waals surface area contributed by atoms with Gasteiger partial charge in [-0.05, 0) is 117 Å². The number of aromatic nitrogens is 1. The molecule has 0 spiro atoms. The number of nitrogens with zero attached hydrogens (tertiary/aromatic N) is 1. The zero-order valence-electron chi connectivity index (χ0n) is 30.2. The fourth-order valence-electron chi connectivity index (χ4n) is 8.48. The SMILES string of the molecule is C/C=C\c1ccc2c(c1CCC)c1c(CCC)c(/C=C\C)ccc1n2-c1ccc(-c2c3ccccc3c(-c3ccccc3)c3ccccc23)cc1. The van der Waals surface area contributed by atoms with Crippen molar-refractivity contribution in [3.05, 3.63) is 162 Å². The van der Waals surface area contributed by atoms with Crippen molar-refractivity contribution in [2.24, 2.45) is 0 Å². The zero-order valence-corrected chi connectivity index (χ0v) is 30.2. The normalized spacial score (nSPS) is 12.1. The number of rotatable bonds is 9. The van der Waals surface area contributed by atoms with Crippen LogP contribution in [-0.4, -0.2) is 4.57 Å². The summed E-state index contributed by atoms with van der Waals surface area (Å²) in [6, 6.07) is 47.4. The van der Waals surface area contributed by atoms with Gasteiger partial charge in [-0.3, -0.25) is 0 Å². The van der Waals surface area contributed by atoms with Crippen LogP contribution in [0.2, 0.25) is 0 Å². The fraction of sp³-hybridized carbons (Fsp3) is 0.160. The molecule has 0 N–H and O–H groups in total. The van der Waals surface area contributed by atoms with Crippen LogP contribution in [-0.2, 0) is 12.8 Å². The minimum Gasteiger partial charge on any atom is -0.309 e. The number of hydrogen-bond acceptors (Lipinski definition) is 0. The van der Waals surface area contributed by atoms with Crippen molar-refractivity contribution in [1.29, 1.82) is 0 Å². The highest BCUT2D eigenvalue weighted by molar-refractivity contribution is 6.21. The van der Waals surface area contributed by atoms with Crippen LogP contribution in [0.1, 0.15) is 62.8 Å². The maximum absolute atomic E-state index is 2.51. The molecule has 7 aromatic carbocycles. The molecule has 0 aliphatic heterocycles. The number of hydrogen-bond donors (Lipinski definition) is 0. The first-order valence-corrected chi connectivity index (χ1v) is 18.6. The van der Waals surface area contributed by atoms with Crippen molar-refractivity contribution >= 4 is 55.5 Å². The van der Waals surface area contributed by atoms with Gasteiger partial charge in [-0.15, -0.1) is 0 Å². The molecule has 1 heterocycles. The second-order valence-electron chi connectivity index (χ2n) is 13.6. The van der Waals surface area contributed by atoms with Gasteiger partial charge in [-0.25, -0.2) is 0 Å². The van der Waals surface area contributed by atoms with E-state index in [9.17, 15) is 0 Å². The first kappa shape index (κ1) is 32.5. The van der Waals surface area contributed by atoms with Crippen LogP contribution < -0.4 is 0 Å². The van der Waals surface area contributed by atoms with Gasteiger partial charge in [0.05, 0.1) is 11.0 Å². The summed E-state index contributed by atoms with van der Waals surface area (Å²) in [6.07, 6.45) is 13.2. The summed E-state index contributed by atoms with van der Waals surface area (Å²) in [5, 5.41) is 7.95. The third-order valence-corrected chi connectivity index (χ3v) is 10.5. The molecule has 0 unspecified atom stereocenters. The van der Waals surface area contributed by atoms with Gasteiger partial charge in [0.1, 0.15) is 0 Å². The van der Waals surface area contributed by atoms with Crippen molar-refractivity contribution in [2.45, 2.75) is 53.4 Å². The van der Waals surface area contributed by atoms with Gasteiger partial charge in [-0.1, -0.05) is 154 Å². The maximum Gasteiger partial charge on any atom is 0.0544 e. The Hall–Kier alpha value is -5.66. The first-order valence-electron chi connectivity index (χ1n) is 18.6. The molecule has 8 aromatic rings. The Bertz CT molecular complexity index is 2460. The monoisotopic (exact) mass is 659 g/mol. The fourth-order valence-corrected chi connectivity index (χ4v) is 8.48. The van der Waals surface area contributed by atoms with E-state index in [0.29, 0.717) is 0 Å². The van der Waals surface area contributed by atoms with Gasteiger partial charge in [0.15, 0.2) is 0 Å². The molecule has 250 valence electrons. The lowest BCUT2D eigenvalue weighted by Gasteiger charge is -2.18. The summed E-state index contributed by atoms with van der Waals surface area (Å²) in [4.78, 5) is 0. The largest absolute Gasteiger partial charge is 0.309 e. The Morgan fingerprint density at radius 1 is 0.451 bits per heavy atom. The highest BCUT2D eigenvalue weighted by Crippen LogP contribution is 2.45. The lowest BCUT2D eigenvalue weighted by molar-refractivity contribution is 0.923. The van der Waals surface area contributed by atoms with E-state index >= 15 is 0 Å². The molecule has 1 nitrogen and oxygen atoms in total. The molecular weight excluding hydrogens is 615 g/mol. The Morgan fingerprint density at radius 2 is 0.863 bits per heavy atom. The number of benzene rings is 7. The van der Waals surface area contributed by atoms with Gasteiger partial charge >= 0.3 is 0 Å². The molecule has 0 saturated carbocycles. The van der Waals surface area contributed by atoms with E-state index in [4.69, 9.17) is 0 Å². The molecule has 0 atom stereocenters. The standard InChI is InChI=1S/C50H45N/c1-5-16-34-28-32-45-49(39(34)18-7-3)50-40(19-8-4)35(17-6-2)29-33-46(50)51(45)38-30-26-37(27-31-38)48-43-24-14-12-22-41(43)47(36-20-10-9-11-21-36)42-23-13-15-25-44(42)48/h5-6,9-17,20-33H,7-8,18-19H2,1-4H3/b16-5-,17-6-. The van der Waals surface area contributed by atoms with E-state index in [2.05, 4.69) is 184 Å². The van der Waals surface area contributed by atoms with E-state index in [1.54, 1.807) is 0 Å². The smallest absolute Gasteiger partial charge is 0.0544 e. The van der Waals surface area contributed by atoms with Crippen molar-refractivity contribution in [1.82, 2.24) is 4.57 Å². The second kappa shape index (κ2) is 13.9. The average Bonchev–Trinajstić information content (AvgIpc) is 3.51. The van der Waals surface area contributed by atoms with Crippen LogP contribution in [0.4, 0.5) is 0 Å². The molecule has 0 aliphatic rings. The third-order valence-electron chi connectivity index (χ3n) is 10.5. The topological polar surface area (TPSA) is 4.93 Å². The summed E-state index contributed by atoms with van der Waals surface area (Å²) < 4.78 is 2.51. The first-order chi connectivity index (χ1) is 25.2. The second-order valence-corrected chi connectivity index (χ2v) is 13.6. The molecule has 1 heteroatoms. The molecule has 8 rings (SSSR count). The summed E-state index contributed by atoms with van der Waals surface area (Å²) in [7, 11) is 0. The lowest BCUT2D eigenvalue weighted by atomic mass is 9.86. The highest BCUT2D eigenvalue weighted by atomic mass is 15.0. The van der Waals surface area contributed by atoms with Crippen LogP contribution in [0.25, 0.3) is 83.4 Å². The van der Waals surface area contributed by atoms with Crippen LogP contribution in [0.3, 0.4) is 0 Å². The van der Waals surface area contributed by atoms with Crippen LogP contribution in [0, 0.1) is 0 Å². The lowest BCUT2D eigenvalue weighted by Crippen LogP contribution is -1.96. The van der Waals surface area contributed by atoms with Gasteiger partial charge in [0.25, 0.3) is 0 Å². The Kier molecular flexibility index (Phi) is 8.88. The summed E-state index contributed by atoms with van der Waals surface area (Å²) in [6.45, 7) is 8.85. The molecule has 0 aliphatic carbocycles. The molecule has 0 bridgehead atoms. The minimum absolute atomic E-state index is 1.05. The summed E-state index contributed by atoms with van der Waals surface area (Å²) >= 11 is 0. The third kappa shape index (κ3) is 5.49. The van der Waals surface area contributed by atoms with Gasteiger partial charge in [0, 0.05) is 16.5 Å². The van der Waals surface area contributed by atoms with Crippen molar-refractivity contribution < 1.29 is 0 Å². The zero-order chi connectivity index (χ0) is 34.9. The van der Waals surface area contributed by atoms with Gasteiger partial charge < -0.3 is 4.57 Å². The van der Waals surface area contributed by atoms with E-state index in [1.807, 2.05) is 0 Å². The van der Waals surface area contributed by atoms with Crippen LogP contribution in [0.15, 0.2) is 140 Å². The molecule has 51 heavy (non-hydrogen) atoms. The number of aryl methyl sites for hydroxylation is 2. The highest BCUT2D eigenvalue weighted by Gasteiger charge is 2.21. The minimum atomic E-state index is 1.05. The van der Waals surface area contributed by atoms with E-state index in [1.165, 1.54) is 93.5 Å². The van der Waals surface area contributed by atoms with E-state index in [0.717, 1.165) is 25.7 Å². The summed E-state index contributed by atoms with van der Waals surface area (Å²) in [5.41, 5.74) is 14.4. The summed E-state index contributed by atoms with van der Waals surface area (Å²) in [5.74, 6) is 0. The average molecular weight is 660 g/mol. The predicted octanol–water partition coefficient (Wildman–Crippen LogP) is 14.4. The predicted molar refractivity (Wildman–Crippen MR) is 224 cm³/mol. The molecule has 1 aromatic heterocycles. The van der Waals surface area contributed by atoms with E-state index < -0.39 is 0 Å². The molecule has 0 amide bonds. The number of fused-ring (bicyclic) bond motifs is 5. The maximum atomic E-state index is 2.51. The van der Waals surface area contributed by atoms with Crippen molar-refractivity contribution in [3.8, 4) is 27.9 Å². The molecular formula is C50H45N. The van der Waals surface area contributed by atoms with Crippen LogP contribution in [0.5, 0.6) is 0 Å². The molecule has 0 fully saturated rings. The van der Waals surface area contributed by atoms with E-state index in [-0.39, 0.29) is 0 Å². The van der Waals surface area contributed by atoms with Gasteiger partial charge in [0.2, 0.25) is 0 Å². The Balaban J connectivity index is 1.39. The Labute approximate surface area is 302 Å². The quantitative estimate of drug-likeness (QED) is 0.136. The number of allylic oxidation sites excluding steroid dienone is 2. The van der Waals surface area contributed by atoms with Crippen LogP contribution >= 0.6 is 0 Å². The molecule has 0 saturated heterocycles. The van der Waals surface area contributed by atoms with Gasteiger partial charge in [-0.2, -0.15) is 0 Å². The molecule has 0 radical (unpaired) electrons. The van der Waals surface area contributed by atoms with Crippen molar-refractivity contribution in [2.75, 3.05) is 0 Å². The Morgan fingerprint density at radius 3 is 1.27 bits per heavy atom.